The van der Waals surface area contributed by atoms with E-state index in [1.807, 2.05) is 0 Å². The number of hydrogen-bond donors (Lipinski definition) is 2. The van der Waals surface area contributed by atoms with E-state index in [0.29, 0.717) is 11.6 Å². The molecule has 1 heterocycles. The van der Waals surface area contributed by atoms with Crippen LogP contribution in [0.25, 0.3) is 0 Å². The molecule has 82 valence electrons. The van der Waals surface area contributed by atoms with Gasteiger partial charge in [-0.15, -0.1) is 11.3 Å². The maximum Gasteiger partial charge on any atom is 0.306 e. The van der Waals surface area contributed by atoms with Crippen molar-refractivity contribution < 1.29 is 14.7 Å². The number of carbonyl (C=O) groups is 2. The van der Waals surface area contributed by atoms with Crippen LogP contribution in [0.5, 0.6) is 0 Å². The average molecular weight is 228 g/mol. The SMILES string of the molecule is CC(CCC(=O)Nc1nccs1)C(=O)O. The average Bonchev–Trinajstić information content (AvgIpc) is 2.66. The summed E-state index contributed by atoms with van der Waals surface area (Å²) in [6, 6.07) is 0. The fourth-order valence-electron chi connectivity index (χ4n) is 0.938. The van der Waals surface area contributed by atoms with Crippen molar-refractivity contribution in [2.75, 3.05) is 5.32 Å². The van der Waals surface area contributed by atoms with Crippen molar-refractivity contribution in [3.05, 3.63) is 11.6 Å². The summed E-state index contributed by atoms with van der Waals surface area (Å²) in [6.07, 6.45) is 2.14. The molecular weight excluding hydrogens is 216 g/mol. The number of thiazole rings is 1. The zero-order chi connectivity index (χ0) is 11.3. The Morgan fingerprint density at radius 2 is 2.40 bits per heavy atom. The molecule has 0 radical (unpaired) electrons. The molecule has 0 aromatic carbocycles. The number of nitrogens with one attached hydrogen (secondary N) is 1. The maximum absolute atomic E-state index is 11.3. The molecule has 0 bridgehead atoms. The smallest absolute Gasteiger partial charge is 0.306 e. The van der Waals surface area contributed by atoms with Crippen LogP contribution in [-0.2, 0) is 9.59 Å². The molecule has 0 aliphatic carbocycles. The predicted molar refractivity (Wildman–Crippen MR) is 56.8 cm³/mol. The van der Waals surface area contributed by atoms with Gasteiger partial charge in [-0.05, 0) is 6.42 Å². The molecule has 15 heavy (non-hydrogen) atoms. The van der Waals surface area contributed by atoms with Crippen LogP contribution in [0.1, 0.15) is 19.8 Å². The van der Waals surface area contributed by atoms with E-state index >= 15 is 0 Å². The van der Waals surface area contributed by atoms with Gasteiger partial charge in [-0.25, -0.2) is 4.98 Å². The number of anilines is 1. The number of rotatable bonds is 5. The molecular formula is C9H12N2O3S. The van der Waals surface area contributed by atoms with Gasteiger partial charge in [0.25, 0.3) is 0 Å². The molecule has 0 fully saturated rings. The molecule has 1 atom stereocenters. The van der Waals surface area contributed by atoms with Gasteiger partial charge >= 0.3 is 5.97 Å². The molecule has 6 heteroatoms. The van der Waals surface area contributed by atoms with Crippen molar-refractivity contribution in [3.8, 4) is 0 Å². The first-order chi connectivity index (χ1) is 7.09. The maximum atomic E-state index is 11.3. The standard InChI is InChI=1S/C9H12N2O3S/c1-6(8(13)14)2-3-7(12)11-9-10-4-5-15-9/h4-6H,2-3H2,1H3,(H,13,14)(H,10,11,12). The van der Waals surface area contributed by atoms with Crippen LogP contribution in [0.15, 0.2) is 11.6 Å². The minimum Gasteiger partial charge on any atom is -0.481 e. The lowest BCUT2D eigenvalue weighted by molar-refractivity contribution is -0.141. The summed E-state index contributed by atoms with van der Waals surface area (Å²) in [6.45, 7) is 1.58. The highest BCUT2D eigenvalue weighted by molar-refractivity contribution is 7.13. The van der Waals surface area contributed by atoms with Gasteiger partial charge in [0.05, 0.1) is 5.92 Å². The molecule has 1 aromatic heterocycles. The summed E-state index contributed by atoms with van der Waals surface area (Å²) in [4.78, 5) is 25.7. The summed E-state index contributed by atoms with van der Waals surface area (Å²) < 4.78 is 0. The number of aliphatic carboxylic acids is 1. The highest BCUT2D eigenvalue weighted by atomic mass is 32.1. The van der Waals surface area contributed by atoms with Gasteiger partial charge in [-0.1, -0.05) is 6.92 Å². The number of aromatic nitrogens is 1. The Hall–Kier alpha value is -1.43. The fraction of sp³-hybridized carbons (Fsp3) is 0.444. The quantitative estimate of drug-likeness (QED) is 0.802. The van der Waals surface area contributed by atoms with Crippen molar-refractivity contribution >= 4 is 28.3 Å². The van der Waals surface area contributed by atoms with E-state index < -0.39 is 11.9 Å². The molecule has 1 unspecified atom stereocenters. The van der Waals surface area contributed by atoms with Crippen LogP contribution < -0.4 is 5.32 Å². The Bertz CT molecular complexity index is 337. The van der Waals surface area contributed by atoms with E-state index in [4.69, 9.17) is 5.11 Å². The third-order valence-corrected chi connectivity index (χ3v) is 2.59. The van der Waals surface area contributed by atoms with Crippen LogP contribution in [-0.4, -0.2) is 22.0 Å². The molecule has 0 saturated carbocycles. The van der Waals surface area contributed by atoms with E-state index in [-0.39, 0.29) is 12.3 Å². The van der Waals surface area contributed by atoms with Gasteiger partial charge in [0.2, 0.25) is 5.91 Å². The zero-order valence-corrected chi connectivity index (χ0v) is 9.08. The molecule has 0 aliphatic rings. The number of amides is 1. The molecule has 1 amide bonds. The summed E-state index contributed by atoms with van der Waals surface area (Å²) in [5.74, 6) is -1.57. The third-order valence-electron chi connectivity index (χ3n) is 1.90. The van der Waals surface area contributed by atoms with Crippen LogP contribution in [0.3, 0.4) is 0 Å². The summed E-state index contributed by atoms with van der Waals surface area (Å²) in [7, 11) is 0. The summed E-state index contributed by atoms with van der Waals surface area (Å²) in [5.41, 5.74) is 0. The monoisotopic (exact) mass is 228 g/mol. The van der Waals surface area contributed by atoms with Gasteiger partial charge in [0, 0.05) is 18.0 Å². The van der Waals surface area contributed by atoms with Crippen LogP contribution >= 0.6 is 11.3 Å². The van der Waals surface area contributed by atoms with Gasteiger partial charge in [-0.3, -0.25) is 9.59 Å². The molecule has 5 nitrogen and oxygen atoms in total. The molecule has 0 spiro atoms. The Morgan fingerprint density at radius 1 is 1.67 bits per heavy atom. The second-order valence-electron chi connectivity index (χ2n) is 3.16. The van der Waals surface area contributed by atoms with Crippen molar-refractivity contribution in [2.45, 2.75) is 19.8 Å². The Labute approximate surface area is 91.1 Å². The lowest BCUT2D eigenvalue weighted by atomic mass is 10.1. The van der Waals surface area contributed by atoms with Crippen LogP contribution in [0.4, 0.5) is 5.13 Å². The van der Waals surface area contributed by atoms with Gasteiger partial charge in [-0.2, -0.15) is 0 Å². The number of hydrogen-bond acceptors (Lipinski definition) is 4. The fourth-order valence-corrected chi connectivity index (χ4v) is 1.48. The third kappa shape index (κ3) is 4.07. The van der Waals surface area contributed by atoms with Crippen molar-refractivity contribution in [3.63, 3.8) is 0 Å². The Morgan fingerprint density at radius 3 is 2.93 bits per heavy atom. The largest absolute Gasteiger partial charge is 0.481 e. The predicted octanol–water partition coefficient (Wildman–Crippen LogP) is 1.58. The van der Waals surface area contributed by atoms with E-state index in [1.165, 1.54) is 11.3 Å². The van der Waals surface area contributed by atoms with Crippen molar-refractivity contribution in [1.29, 1.82) is 0 Å². The lowest BCUT2D eigenvalue weighted by Crippen LogP contribution is -2.15. The summed E-state index contributed by atoms with van der Waals surface area (Å²) in [5, 5.41) is 13.5. The van der Waals surface area contributed by atoms with Crippen molar-refractivity contribution in [1.82, 2.24) is 4.98 Å². The topological polar surface area (TPSA) is 79.3 Å². The zero-order valence-electron chi connectivity index (χ0n) is 8.27. The van der Waals surface area contributed by atoms with Gasteiger partial charge < -0.3 is 10.4 Å². The van der Waals surface area contributed by atoms with E-state index in [9.17, 15) is 9.59 Å². The highest BCUT2D eigenvalue weighted by Gasteiger charge is 2.13. The molecule has 1 aromatic rings. The Kier molecular flexibility index (Phi) is 4.23. The van der Waals surface area contributed by atoms with Gasteiger partial charge in [0.1, 0.15) is 0 Å². The number of carbonyl (C=O) groups excluding carboxylic acids is 1. The van der Waals surface area contributed by atoms with E-state index in [0.717, 1.165) is 0 Å². The lowest BCUT2D eigenvalue weighted by Gasteiger charge is -2.05. The number of nitrogens with zero attached hydrogens (tertiary/aromatic N) is 1. The normalized spacial score (nSPS) is 12.1. The number of carboxylic acids is 1. The molecule has 0 aliphatic heterocycles. The number of carboxylic acid groups (broad SMARTS) is 1. The molecule has 2 N–H and O–H groups in total. The second-order valence-corrected chi connectivity index (χ2v) is 4.06. The summed E-state index contributed by atoms with van der Waals surface area (Å²) >= 11 is 1.33. The van der Waals surface area contributed by atoms with Crippen LogP contribution in [0, 0.1) is 5.92 Å². The first-order valence-electron chi connectivity index (χ1n) is 4.51. The highest BCUT2D eigenvalue weighted by Crippen LogP contribution is 2.12. The van der Waals surface area contributed by atoms with E-state index in [1.54, 1.807) is 18.5 Å². The molecule has 0 saturated heterocycles. The van der Waals surface area contributed by atoms with Crippen molar-refractivity contribution in [2.24, 2.45) is 5.92 Å². The second kappa shape index (κ2) is 5.45. The first kappa shape index (κ1) is 11.6. The van der Waals surface area contributed by atoms with E-state index in [2.05, 4.69) is 10.3 Å². The van der Waals surface area contributed by atoms with Gasteiger partial charge in [0.15, 0.2) is 5.13 Å². The minimum absolute atomic E-state index is 0.196. The molecule has 1 rings (SSSR count). The first-order valence-corrected chi connectivity index (χ1v) is 5.39. The Balaban J connectivity index is 2.28. The minimum atomic E-state index is -0.878. The van der Waals surface area contributed by atoms with Crippen LogP contribution in [0.2, 0.25) is 0 Å².